The summed E-state index contributed by atoms with van der Waals surface area (Å²) in [6.07, 6.45) is 5.11. The molecule has 1 N–H and O–H groups in total. The predicted octanol–water partition coefficient (Wildman–Crippen LogP) is 5.03. The van der Waals surface area contributed by atoms with Crippen molar-refractivity contribution < 1.29 is 0 Å². The van der Waals surface area contributed by atoms with E-state index in [-0.39, 0.29) is 0 Å². The Morgan fingerprint density at radius 2 is 2.05 bits per heavy atom. The SMILES string of the molecule is CCCNC(C)c1ccc(N(CCC)CC2CC2)cc1Cl. The van der Waals surface area contributed by atoms with Crippen LogP contribution in [0.5, 0.6) is 0 Å². The zero-order valence-electron chi connectivity index (χ0n) is 13.7. The second-order valence-electron chi connectivity index (χ2n) is 6.27. The quantitative estimate of drug-likeness (QED) is 0.688. The number of nitrogens with zero attached hydrogens (tertiary/aromatic N) is 1. The lowest BCUT2D eigenvalue weighted by Crippen LogP contribution is -2.26. The third kappa shape index (κ3) is 4.89. The Bertz CT molecular complexity index is 443. The molecule has 0 saturated heterocycles. The standard InChI is InChI=1S/C18H29ClN2/c1-4-10-20-14(3)17-9-8-16(12-18(17)19)21(11-5-2)13-15-6-7-15/h8-9,12,14-15,20H,4-7,10-11,13H2,1-3H3. The van der Waals surface area contributed by atoms with Crippen LogP contribution in [0, 0.1) is 5.92 Å². The van der Waals surface area contributed by atoms with E-state index in [1.807, 2.05) is 0 Å². The monoisotopic (exact) mass is 308 g/mol. The van der Waals surface area contributed by atoms with Gasteiger partial charge in [-0.05, 0) is 62.8 Å². The van der Waals surface area contributed by atoms with Crippen LogP contribution in [0.4, 0.5) is 5.69 Å². The molecular formula is C18H29ClN2. The highest BCUT2D eigenvalue weighted by molar-refractivity contribution is 6.31. The van der Waals surface area contributed by atoms with Crippen molar-refractivity contribution in [3.8, 4) is 0 Å². The summed E-state index contributed by atoms with van der Waals surface area (Å²) < 4.78 is 0. The number of halogens is 1. The van der Waals surface area contributed by atoms with Crippen molar-refractivity contribution in [3.05, 3.63) is 28.8 Å². The van der Waals surface area contributed by atoms with Crippen LogP contribution in [-0.2, 0) is 0 Å². The summed E-state index contributed by atoms with van der Waals surface area (Å²) in [5.41, 5.74) is 2.48. The summed E-state index contributed by atoms with van der Waals surface area (Å²) in [5.74, 6) is 0.903. The maximum Gasteiger partial charge on any atom is 0.0474 e. The minimum absolute atomic E-state index is 0.314. The molecule has 1 fully saturated rings. The normalized spacial score (nSPS) is 16.0. The van der Waals surface area contributed by atoms with Crippen LogP contribution in [0.3, 0.4) is 0 Å². The van der Waals surface area contributed by atoms with Gasteiger partial charge < -0.3 is 10.2 Å². The summed E-state index contributed by atoms with van der Waals surface area (Å²) in [6, 6.07) is 6.90. The molecule has 1 aliphatic rings. The molecular weight excluding hydrogens is 280 g/mol. The van der Waals surface area contributed by atoms with Gasteiger partial charge >= 0.3 is 0 Å². The van der Waals surface area contributed by atoms with Gasteiger partial charge in [-0.3, -0.25) is 0 Å². The van der Waals surface area contributed by atoms with Crippen LogP contribution in [0.2, 0.25) is 5.02 Å². The molecule has 3 heteroatoms. The van der Waals surface area contributed by atoms with Crippen molar-refractivity contribution in [2.45, 2.75) is 52.5 Å². The molecule has 1 aromatic carbocycles. The number of anilines is 1. The number of hydrogen-bond donors (Lipinski definition) is 1. The third-order valence-corrected chi connectivity index (χ3v) is 4.51. The maximum atomic E-state index is 6.53. The van der Waals surface area contributed by atoms with Crippen molar-refractivity contribution in [3.63, 3.8) is 0 Å². The Hall–Kier alpha value is -0.730. The van der Waals surface area contributed by atoms with Crippen LogP contribution in [0.15, 0.2) is 18.2 Å². The van der Waals surface area contributed by atoms with Gasteiger partial charge in [-0.25, -0.2) is 0 Å². The summed E-state index contributed by atoms with van der Waals surface area (Å²) in [4.78, 5) is 2.50. The van der Waals surface area contributed by atoms with Gasteiger partial charge in [-0.2, -0.15) is 0 Å². The van der Waals surface area contributed by atoms with E-state index in [4.69, 9.17) is 11.6 Å². The lowest BCUT2D eigenvalue weighted by molar-refractivity contribution is 0.571. The first-order chi connectivity index (χ1) is 10.2. The van der Waals surface area contributed by atoms with E-state index in [1.165, 1.54) is 37.1 Å². The molecule has 0 amide bonds. The van der Waals surface area contributed by atoms with E-state index in [0.717, 1.165) is 30.5 Å². The Kier molecular flexibility index (Phi) is 6.38. The number of hydrogen-bond acceptors (Lipinski definition) is 2. The average molecular weight is 309 g/mol. The first kappa shape index (κ1) is 16.6. The molecule has 1 aromatic rings. The molecule has 1 unspecified atom stereocenters. The molecule has 1 atom stereocenters. The van der Waals surface area contributed by atoms with E-state index in [9.17, 15) is 0 Å². The minimum Gasteiger partial charge on any atom is -0.371 e. The lowest BCUT2D eigenvalue weighted by atomic mass is 10.1. The summed E-state index contributed by atoms with van der Waals surface area (Å²) in [6.45, 7) is 9.95. The van der Waals surface area contributed by atoms with Gasteiger partial charge in [0.1, 0.15) is 0 Å². The second-order valence-corrected chi connectivity index (χ2v) is 6.68. The topological polar surface area (TPSA) is 15.3 Å². The lowest BCUT2D eigenvalue weighted by Gasteiger charge is -2.25. The summed E-state index contributed by atoms with van der Waals surface area (Å²) in [5, 5.41) is 4.40. The second kappa shape index (κ2) is 8.05. The molecule has 1 aliphatic carbocycles. The van der Waals surface area contributed by atoms with Gasteiger partial charge in [-0.1, -0.05) is 31.5 Å². The van der Waals surface area contributed by atoms with Crippen LogP contribution < -0.4 is 10.2 Å². The van der Waals surface area contributed by atoms with E-state index < -0.39 is 0 Å². The van der Waals surface area contributed by atoms with Crippen LogP contribution in [-0.4, -0.2) is 19.6 Å². The zero-order chi connectivity index (χ0) is 15.2. The fourth-order valence-electron chi connectivity index (χ4n) is 2.74. The predicted molar refractivity (Wildman–Crippen MR) is 93.4 cm³/mol. The maximum absolute atomic E-state index is 6.53. The van der Waals surface area contributed by atoms with E-state index in [1.54, 1.807) is 0 Å². The first-order valence-electron chi connectivity index (χ1n) is 8.43. The first-order valence-corrected chi connectivity index (χ1v) is 8.81. The Morgan fingerprint density at radius 3 is 2.62 bits per heavy atom. The largest absolute Gasteiger partial charge is 0.371 e. The molecule has 0 aliphatic heterocycles. The van der Waals surface area contributed by atoms with Crippen LogP contribution in [0.1, 0.15) is 58.1 Å². The van der Waals surface area contributed by atoms with Crippen LogP contribution >= 0.6 is 11.6 Å². The molecule has 2 rings (SSSR count). The van der Waals surface area contributed by atoms with Gasteiger partial charge in [-0.15, -0.1) is 0 Å². The molecule has 21 heavy (non-hydrogen) atoms. The number of benzene rings is 1. The van der Waals surface area contributed by atoms with Gasteiger partial charge in [0.25, 0.3) is 0 Å². The highest BCUT2D eigenvalue weighted by Crippen LogP contribution is 2.33. The minimum atomic E-state index is 0.314. The van der Waals surface area contributed by atoms with Gasteiger partial charge in [0.2, 0.25) is 0 Å². The van der Waals surface area contributed by atoms with Crippen molar-refractivity contribution >= 4 is 17.3 Å². The van der Waals surface area contributed by atoms with Crippen molar-refractivity contribution in [1.82, 2.24) is 5.32 Å². The Balaban J connectivity index is 2.08. The van der Waals surface area contributed by atoms with Crippen molar-refractivity contribution in [1.29, 1.82) is 0 Å². The van der Waals surface area contributed by atoms with Gasteiger partial charge in [0.15, 0.2) is 0 Å². The Morgan fingerprint density at radius 1 is 1.29 bits per heavy atom. The summed E-state index contributed by atoms with van der Waals surface area (Å²) >= 11 is 6.53. The molecule has 0 spiro atoms. The molecule has 0 radical (unpaired) electrons. The van der Waals surface area contributed by atoms with Gasteiger partial charge in [0.05, 0.1) is 0 Å². The summed E-state index contributed by atoms with van der Waals surface area (Å²) in [7, 11) is 0. The third-order valence-electron chi connectivity index (χ3n) is 4.19. The molecule has 118 valence electrons. The molecule has 0 bridgehead atoms. The molecule has 0 aromatic heterocycles. The molecule has 2 nitrogen and oxygen atoms in total. The fraction of sp³-hybridized carbons (Fsp3) is 0.667. The smallest absolute Gasteiger partial charge is 0.0474 e. The van der Waals surface area contributed by atoms with E-state index >= 15 is 0 Å². The Labute approximate surface area is 134 Å². The van der Waals surface area contributed by atoms with E-state index in [2.05, 4.69) is 49.2 Å². The highest BCUT2D eigenvalue weighted by atomic mass is 35.5. The zero-order valence-corrected chi connectivity index (χ0v) is 14.4. The van der Waals surface area contributed by atoms with Crippen LogP contribution in [0.25, 0.3) is 0 Å². The molecule has 0 heterocycles. The number of rotatable bonds is 9. The van der Waals surface area contributed by atoms with E-state index in [0.29, 0.717) is 6.04 Å². The van der Waals surface area contributed by atoms with Crippen molar-refractivity contribution in [2.75, 3.05) is 24.5 Å². The number of nitrogens with one attached hydrogen (secondary N) is 1. The van der Waals surface area contributed by atoms with Gasteiger partial charge in [0, 0.05) is 29.8 Å². The average Bonchev–Trinajstić information content (AvgIpc) is 3.28. The fourth-order valence-corrected chi connectivity index (χ4v) is 3.08. The van der Waals surface area contributed by atoms with Crippen molar-refractivity contribution in [2.24, 2.45) is 5.92 Å². The molecule has 1 saturated carbocycles. The highest BCUT2D eigenvalue weighted by Gasteiger charge is 2.24.